The number of hydrogen-bond acceptors (Lipinski definition) is 11. The smallest absolute Gasteiger partial charge is 0.243 e. The summed E-state index contributed by atoms with van der Waals surface area (Å²) < 4.78 is 126. The van der Waals surface area contributed by atoms with Crippen molar-refractivity contribution in [1.82, 2.24) is 17.2 Å². The van der Waals surface area contributed by atoms with Gasteiger partial charge in [-0.2, -0.15) is 27.7 Å². The Bertz CT molecular complexity index is 2950. The molecule has 0 N–H and O–H groups in total. The predicted octanol–water partition coefficient (Wildman–Crippen LogP) is 10.2. The van der Waals surface area contributed by atoms with Crippen LogP contribution in [0.4, 0.5) is 0 Å². The van der Waals surface area contributed by atoms with E-state index in [4.69, 9.17) is 4.74 Å². The molecule has 0 fully saturated rings. The molecule has 0 aromatic heterocycles. The predicted molar refractivity (Wildman–Crippen MR) is 301 cm³/mol. The Hall–Kier alpha value is -5.32. The molecule has 416 valence electrons. The summed E-state index contributed by atoms with van der Waals surface area (Å²) in [6.07, 6.45) is 4.54. The van der Waals surface area contributed by atoms with Gasteiger partial charge in [0.1, 0.15) is 0 Å². The Balaban J connectivity index is 1.43. The second kappa shape index (κ2) is 30.7. The number of ether oxygens (including phenoxy) is 1. The molecule has 0 bridgehead atoms. The van der Waals surface area contributed by atoms with E-state index in [2.05, 4.69) is 0 Å². The van der Waals surface area contributed by atoms with E-state index in [1.165, 1.54) is 41.5 Å². The van der Waals surface area contributed by atoms with Crippen LogP contribution < -0.4 is 0 Å². The monoisotopic (exact) mass is 1130 g/mol. The molecule has 0 atom stereocenters. The molecule has 0 saturated carbocycles. The quantitative estimate of drug-likeness (QED) is 0.0349. The molecule has 5 aromatic carbocycles. The van der Waals surface area contributed by atoms with Crippen molar-refractivity contribution < 1.29 is 38.4 Å². The lowest BCUT2D eigenvalue weighted by Gasteiger charge is -2.32. The molecule has 0 spiro atoms. The summed E-state index contributed by atoms with van der Waals surface area (Å²) in [5.41, 5.74) is 4.59. The van der Waals surface area contributed by atoms with Gasteiger partial charge in [-0.05, 0) is 126 Å². The fourth-order valence-electron chi connectivity index (χ4n) is 8.83. The van der Waals surface area contributed by atoms with Crippen LogP contribution in [0.15, 0.2) is 147 Å². The molecule has 0 radical (unpaired) electrons. The summed E-state index contributed by atoms with van der Waals surface area (Å²) in [7, 11) is -16.3. The first-order chi connectivity index (χ1) is 36.8. The molecule has 0 heterocycles. The summed E-state index contributed by atoms with van der Waals surface area (Å²) in [5.74, 6) is -0.520. The van der Waals surface area contributed by atoms with Crippen molar-refractivity contribution in [3.63, 3.8) is 0 Å². The van der Waals surface area contributed by atoms with Crippen LogP contribution in [-0.4, -0.2) is 110 Å². The first-order valence-electron chi connectivity index (χ1n) is 26.4. The second-order valence-corrected chi connectivity index (χ2v) is 27.4. The van der Waals surface area contributed by atoms with Gasteiger partial charge < -0.3 is 4.74 Å². The largest absolute Gasteiger partial charge is 0.377 e. The SMILES string of the molecule is Cc1ccc(S(=O)(=O)N(CCC#N)CCCCN(CC(CCCCCCOCc2ccccc2)CN(CCCCN(CCC#N)S(=O)(=O)c2ccc(C)cc2)S(=O)(=O)c2ccc(C)cc2)S(=O)(=O)c2ccc(C)cc2)cc1. The van der Waals surface area contributed by atoms with Gasteiger partial charge in [0, 0.05) is 71.8 Å². The topological polar surface area (TPSA) is 206 Å². The van der Waals surface area contributed by atoms with E-state index in [0.717, 1.165) is 47.1 Å². The second-order valence-electron chi connectivity index (χ2n) is 19.6. The van der Waals surface area contributed by atoms with Gasteiger partial charge in [-0.25, -0.2) is 33.7 Å². The molecular weight excluding hydrogens is 1050 g/mol. The summed E-state index contributed by atoms with van der Waals surface area (Å²) in [6, 6.07) is 40.1. The summed E-state index contributed by atoms with van der Waals surface area (Å²) in [5, 5.41) is 18.9. The van der Waals surface area contributed by atoms with Crippen LogP contribution in [-0.2, 0) is 51.4 Å². The highest BCUT2D eigenvalue weighted by Gasteiger charge is 2.33. The fourth-order valence-corrected chi connectivity index (χ4v) is 14.9. The lowest BCUT2D eigenvalue weighted by atomic mass is 10.00. The maximum absolute atomic E-state index is 14.8. The molecule has 0 amide bonds. The van der Waals surface area contributed by atoms with E-state index in [1.807, 2.05) is 70.2 Å². The van der Waals surface area contributed by atoms with Crippen molar-refractivity contribution in [3.05, 3.63) is 155 Å². The van der Waals surface area contributed by atoms with E-state index in [0.29, 0.717) is 26.1 Å². The molecule has 0 aliphatic carbocycles. The molecular formula is C58H76N6O9S4. The van der Waals surface area contributed by atoms with Crippen LogP contribution >= 0.6 is 0 Å². The number of sulfonamides is 4. The van der Waals surface area contributed by atoms with Crippen LogP contribution in [0, 0.1) is 56.3 Å². The van der Waals surface area contributed by atoms with E-state index >= 15 is 0 Å². The molecule has 19 heteroatoms. The van der Waals surface area contributed by atoms with Gasteiger partial charge in [-0.3, -0.25) is 0 Å². The Labute approximate surface area is 460 Å². The Morgan fingerprint density at radius 1 is 0.403 bits per heavy atom. The molecule has 5 aromatic rings. The van der Waals surface area contributed by atoms with Crippen LogP contribution in [0.25, 0.3) is 0 Å². The number of aryl methyl sites for hydroxylation is 4. The molecule has 5 rings (SSSR count). The summed E-state index contributed by atoms with van der Waals surface area (Å²) in [4.78, 5) is 0.336. The number of nitrogens with zero attached hydrogens (tertiary/aromatic N) is 6. The van der Waals surface area contributed by atoms with Gasteiger partial charge in [0.2, 0.25) is 40.1 Å². The van der Waals surface area contributed by atoms with Crippen LogP contribution in [0.2, 0.25) is 0 Å². The van der Waals surface area contributed by atoms with Crippen molar-refractivity contribution in [2.45, 2.75) is 125 Å². The molecule has 0 saturated heterocycles. The summed E-state index contributed by atoms with van der Waals surface area (Å²) >= 11 is 0. The standard InChI is InChI=1S/C58H76N6O9S4/c1-49-21-29-55(30-22-49)74(65,66)61(43-16-37-59)39-11-13-41-63(76(69,70)57-33-25-51(3)26-34-57)46-54(20-8-5-6-15-45-73-48-53-18-9-7-10-19-53)47-64(77(71,72)58-35-27-52(4)28-36-58)42-14-12-40-62(44-17-38-60)75(67,68)56-31-23-50(2)24-32-56/h7,9-10,18-19,21-36,54H,5-6,8,11-17,20,39-48H2,1-4H3. The van der Waals surface area contributed by atoms with Crippen molar-refractivity contribution in [3.8, 4) is 12.1 Å². The minimum atomic E-state index is -4.19. The zero-order chi connectivity index (χ0) is 55.9. The molecule has 0 unspecified atom stereocenters. The number of benzene rings is 5. The van der Waals surface area contributed by atoms with E-state index in [-0.39, 0.29) is 110 Å². The maximum Gasteiger partial charge on any atom is 0.243 e. The molecule has 0 aliphatic heterocycles. The van der Waals surface area contributed by atoms with Gasteiger partial charge >= 0.3 is 0 Å². The lowest BCUT2D eigenvalue weighted by molar-refractivity contribution is 0.116. The van der Waals surface area contributed by atoms with Gasteiger partial charge in [0.25, 0.3) is 0 Å². The highest BCUT2D eigenvalue weighted by atomic mass is 32.2. The number of rotatable bonds is 35. The van der Waals surface area contributed by atoms with Crippen molar-refractivity contribution in [2.24, 2.45) is 5.92 Å². The number of hydrogen-bond donors (Lipinski definition) is 0. The van der Waals surface area contributed by atoms with E-state index in [9.17, 15) is 44.2 Å². The molecule has 77 heavy (non-hydrogen) atoms. The highest BCUT2D eigenvalue weighted by molar-refractivity contribution is 7.90. The van der Waals surface area contributed by atoms with Crippen molar-refractivity contribution >= 4 is 40.1 Å². The average Bonchev–Trinajstić information content (AvgIpc) is 3.41. The first-order valence-corrected chi connectivity index (χ1v) is 32.2. The third-order valence-electron chi connectivity index (χ3n) is 13.4. The minimum absolute atomic E-state index is 0.000826. The van der Waals surface area contributed by atoms with Gasteiger partial charge in [0.05, 0.1) is 38.3 Å². The molecule has 0 aliphatic rings. The van der Waals surface area contributed by atoms with Crippen LogP contribution in [0.3, 0.4) is 0 Å². The Morgan fingerprint density at radius 2 is 0.727 bits per heavy atom. The highest BCUT2D eigenvalue weighted by Crippen LogP contribution is 2.27. The van der Waals surface area contributed by atoms with Gasteiger partial charge in [-0.1, -0.05) is 120 Å². The number of unbranched alkanes of at least 4 members (excludes halogenated alkanes) is 5. The Kier molecular flexibility index (Phi) is 24.9. The number of nitriles is 2. The first kappa shape index (κ1) is 62.5. The molecule has 15 nitrogen and oxygen atoms in total. The van der Waals surface area contributed by atoms with Gasteiger partial charge in [-0.15, -0.1) is 0 Å². The third-order valence-corrected chi connectivity index (χ3v) is 21.0. The fraction of sp³-hybridized carbons (Fsp3) is 0.448. The summed E-state index contributed by atoms with van der Waals surface area (Å²) in [6.45, 7) is 8.40. The van der Waals surface area contributed by atoms with E-state index in [1.54, 1.807) is 72.8 Å². The minimum Gasteiger partial charge on any atom is -0.377 e. The van der Waals surface area contributed by atoms with Crippen LogP contribution in [0.1, 0.15) is 98.4 Å². The van der Waals surface area contributed by atoms with Crippen molar-refractivity contribution in [1.29, 1.82) is 10.5 Å². The van der Waals surface area contributed by atoms with Crippen molar-refractivity contribution in [2.75, 3.05) is 59.0 Å². The maximum atomic E-state index is 14.8. The third kappa shape index (κ3) is 19.2. The zero-order valence-corrected chi connectivity index (χ0v) is 48.3. The van der Waals surface area contributed by atoms with E-state index < -0.39 is 46.0 Å². The normalized spacial score (nSPS) is 12.5. The lowest BCUT2D eigenvalue weighted by Crippen LogP contribution is -2.43. The van der Waals surface area contributed by atoms with Crippen LogP contribution in [0.5, 0.6) is 0 Å². The van der Waals surface area contributed by atoms with Gasteiger partial charge in [0.15, 0.2) is 0 Å². The zero-order valence-electron chi connectivity index (χ0n) is 45.0. The Morgan fingerprint density at radius 3 is 1.08 bits per heavy atom. The average molecular weight is 1130 g/mol.